The number of anilines is 1. The largest absolute Gasteiger partial charge is 0.474 e. The van der Waals surface area contributed by atoms with E-state index < -0.39 is 6.10 Å². The first kappa shape index (κ1) is 17.4. The Bertz CT molecular complexity index is 1200. The standard InChI is InChI=1S/C25H18FNO2/c26-19-14-12-17(13-15-19)16-27-22-10-3-4-11-23(22)29-24(25(27)28)21-9-5-7-18-6-1-2-8-20(18)21/h1-15,24H,16H2. The van der Waals surface area contributed by atoms with Crippen molar-refractivity contribution in [3.63, 3.8) is 0 Å². The first-order valence-electron chi connectivity index (χ1n) is 9.50. The van der Waals surface area contributed by atoms with E-state index in [-0.39, 0.29) is 11.7 Å². The molecular weight excluding hydrogens is 365 g/mol. The number of carbonyl (C=O) groups excluding carboxylic acids is 1. The zero-order valence-electron chi connectivity index (χ0n) is 15.6. The highest BCUT2D eigenvalue weighted by molar-refractivity contribution is 6.03. The number of para-hydroxylation sites is 2. The molecule has 1 unspecified atom stereocenters. The van der Waals surface area contributed by atoms with E-state index >= 15 is 0 Å². The summed E-state index contributed by atoms with van der Waals surface area (Å²) in [7, 11) is 0. The van der Waals surface area contributed by atoms with Crippen LogP contribution in [0.25, 0.3) is 10.8 Å². The van der Waals surface area contributed by atoms with Crippen LogP contribution in [0.5, 0.6) is 5.75 Å². The van der Waals surface area contributed by atoms with E-state index in [2.05, 4.69) is 0 Å². The number of halogens is 1. The third-order valence-corrected chi connectivity index (χ3v) is 5.25. The van der Waals surface area contributed by atoms with Crippen molar-refractivity contribution >= 4 is 22.4 Å². The zero-order valence-corrected chi connectivity index (χ0v) is 15.6. The summed E-state index contributed by atoms with van der Waals surface area (Å²) >= 11 is 0. The minimum Gasteiger partial charge on any atom is -0.474 e. The van der Waals surface area contributed by atoms with Gasteiger partial charge < -0.3 is 9.64 Å². The molecule has 1 heterocycles. The molecule has 0 saturated heterocycles. The fourth-order valence-corrected chi connectivity index (χ4v) is 3.83. The summed E-state index contributed by atoms with van der Waals surface area (Å²) in [5.41, 5.74) is 2.41. The number of amides is 1. The van der Waals surface area contributed by atoms with E-state index in [1.807, 2.05) is 66.7 Å². The Morgan fingerprint density at radius 3 is 2.41 bits per heavy atom. The Labute approximate surface area is 168 Å². The molecular formula is C25H18FNO2. The van der Waals surface area contributed by atoms with Crippen molar-refractivity contribution in [1.82, 2.24) is 0 Å². The van der Waals surface area contributed by atoms with Crippen LogP contribution in [-0.2, 0) is 11.3 Å². The number of hydrogen-bond acceptors (Lipinski definition) is 2. The van der Waals surface area contributed by atoms with Gasteiger partial charge in [0.2, 0.25) is 6.10 Å². The second-order valence-electron chi connectivity index (χ2n) is 7.08. The van der Waals surface area contributed by atoms with Gasteiger partial charge in [0.05, 0.1) is 12.2 Å². The molecule has 5 rings (SSSR count). The highest BCUT2D eigenvalue weighted by atomic mass is 19.1. The van der Waals surface area contributed by atoms with Gasteiger partial charge in [0.25, 0.3) is 5.91 Å². The molecule has 0 aromatic heterocycles. The molecule has 3 nitrogen and oxygen atoms in total. The van der Waals surface area contributed by atoms with Gasteiger partial charge in [-0.3, -0.25) is 4.79 Å². The molecule has 1 amide bonds. The normalized spacial score (nSPS) is 15.8. The monoisotopic (exact) mass is 383 g/mol. The number of hydrogen-bond donors (Lipinski definition) is 0. The SMILES string of the molecule is O=C1C(c2cccc3ccccc23)Oc2ccccc2N1Cc1ccc(F)cc1. The predicted molar refractivity (Wildman–Crippen MR) is 111 cm³/mol. The molecule has 0 fully saturated rings. The van der Waals surface area contributed by atoms with Gasteiger partial charge in [-0.1, -0.05) is 66.7 Å². The van der Waals surface area contributed by atoms with E-state index in [1.54, 1.807) is 17.0 Å². The van der Waals surface area contributed by atoms with Crippen LogP contribution in [0.4, 0.5) is 10.1 Å². The molecule has 4 aromatic carbocycles. The lowest BCUT2D eigenvalue weighted by Crippen LogP contribution is -2.40. The summed E-state index contributed by atoms with van der Waals surface area (Å²) in [6.07, 6.45) is -0.739. The Hall–Kier alpha value is -3.66. The molecule has 0 spiro atoms. The molecule has 142 valence electrons. The number of carbonyl (C=O) groups is 1. The Kier molecular flexibility index (Phi) is 4.24. The molecule has 1 atom stereocenters. The lowest BCUT2D eigenvalue weighted by molar-refractivity contribution is -0.126. The molecule has 0 saturated carbocycles. The maximum atomic E-state index is 13.5. The number of fused-ring (bicyclic) bond motifs is 2. The van der Waals surface area contributed by atoms with Gasteiger partial charge in [-0.25, -0.2) is 4.39 Å². The summed E-state index contributed by atoms with van der Waals surface area (Å²) in [5, 5.41) is 2.06. The number of ether oxygens (including phenoxy) is 1. The van der Waals surface area contributed by atoms with Crippen LogP contribution in [0.3, 0.4) is 0 Å². The van der Waals surface area contributed by atoms with Gasteiger partial charge in [-0.2, -0.15) is 0 Å². The van der Waals surface area contributed by atoms with Crippen LogP contribution in [0.1, 0.15) is 17.2 Å². The van der Waals surface area contributed by atoms with Crippen LogP contribution in [0.15, 0.2) is 91.0 Å². The number of nitrogens with zero attached hydrogens (tertiary/aromatic N) is 1. The first-order valence-corrected chi connectivity index (χ1v) is 9.50. The maximum Gasteiger partial charge on any atom is 0.273 e. The van der Waals surface area contributed by atoms with E-state index in [0.29, 0.717) is 12.3 Å². The van der Waals surface area contributed by atoms with Crippen molar-refractivity contribution in [1.29, 1.82) is 0 Å². The van der Waals surface area contributed by atoms with Crippen molar-refractivity contribution in [3.05, 3.63) is 108 Å². The van der Waals surface area contributed by atoms with E-state index in [4.69, 9.17) is 4.74 Å². The van der Waals surface area contributed by atoms with Gasteiger partial charge >= 0.3 is 0 Å². The third kappa shape index (κ3) is 3.13. The molecule has 1 aliphatic rings. The topological polar surface area (TPSA) is 29.5 Å². The van der Waals surface area contributed by atoms with Gasteiger partial charge in [0, 0.05) is 5.56 Å². The second-order valence-corrected chi connectivity index (χ2v) is 7.08. The Balaban J connectivity index is 1.60. The quantitative estimate of drug-likeness (QED) is 0.458. The summed E-state index contributed by atoms with van der Waals surface area (Å²) in [6, 6.07) is 27.6. The van der Waals surface area contributed by atoms with Crippen LogP contribution < -0.4 is 9.64 Å². The number of rotatable bonds is 3. The van der Waals surface area contributed by atoms with Gasteiger partial charge in [0.1, 0.15) is 11.6 Å². The summed E-state index contributed by atoms with van der Waals surface area (Å²) in [5.74, 6) is 0.229. The minimum atomic E-state index is -0.739. The van der Waals surface area contributed by atoms with Crippen molar-refractivity contribution in [2.45, 2.75) is 12.6 Å². The van der Waals surface area contributed by atoms with Gasteiger partial charge in [0.15, 0.2) is 0 Å². The Morgan fingerprint density at radius 2 is 1.55 bits per heavy atom. The zero-order chi connectivity index (χ0) is 19.8. The molecule has 0 bridgehead atoms. The first-order chi connectivity index (χ1) is 14.2. The molecule has 0 N–H and O–H groups in total. The molecule has 0 aliphatic carbocycles. The Morgan fingerprint density at radius 1 is 0.828 bits per heavy atom. The van der Waals surface area contributed by atoms with Crippen LogP contribution in [0.2, 0.25) is 0 Å². The van der Waals surface area contributed by atoms with Crippen LogP contribution in [0, 0.1) is 5.82 Å². The van der Waals surface area contributed by atoms with Crippen LogP contribution >= 0.6 is 0 Å². The van der Waals surface area contributed by atoms with Crippen molar-refractivity contribution in [2.24, 2.45) is 0 Å². The van der Waals surface area contributed by atoms with Gasteiger partial charge in [-0.05, 0) is 40.6 Å². The molecule has 1 aliphatic heterocycles. The highest BCUT2D eigenvalue weighted by Crippen LogP contribution is 2.41. The van der Waals surface area contributed by atoms with Crippen molar-refractivity contribution in [3.8, 4) is 5.75 Å². The molecule has 0 radical (unpaired) electrons. The summed E-state index contributed by atoms with van der Waals surface area (Å²) < 4.78 is 19.5. The van der Waals surface area contributed by atoms with Crippen LogP contribution in [-0.4, -0.2) is 5.91 Å². The second kappa shape index (κ2) is 7.06. The molecule has 29 heavy (non-hydrogen) atoms. The summed E-state index contributed by atoms with van der Waals surface area (Å²) in [4.78, 5) is 15.3. The number of benzene rings is 4. The lowest BCUT2D eigenvalue weighted by atomic mass is 9.98. The van der Waals surface area contributed by atoms with E-state index in [9.17, 15) is 9.18 Å². The molecule has 4 aromatic rings. The van der Waals surface area contributed by atoms with Crippen molar-refractivity contribution in [2.75, 3.05) is 4.90 Å². The van der Waals surface area contributed by atoms with E-state index in [1.165, 1.54) is 12.1 Å². The van der Waals surface area contributed by atoms with Crippen molar-refractivity contribution < 1.29 is 13.9 Å². The maximum absolute atomic E-state index is 13.5. The highest BCUT2D eigenvalue weighted by Gasteiger charge is 2.36. The van der Waals surface area contributed by atoms with E-state index in [0.717, 1.165) is 27.6 Å². The third-order valence-electron chi connectivity index (χ3n) is 5.25. The lowest BCUT2D eigenvalue weighted by Gasteiger charge is -2.35. The van der Waals surface area contributed by atoms with Gasteiger partial charge in [-0.15, -0.1) is 0 Å². The molecule has 4 heteroatoms. The average molecular weight is 383 g/mol. The fraction of sp³-hybridized carbons (Fsp3) is 0.0800. The minimum absolute atomic E-state index is 0.135. The smallest absolute Gasteiger partial charge is 0.273 e. The average Bonchev–Trinajstić information content (AvgIpc) is 2.76. The fourth-order valence-electron chi connectivity index (χ4n) is 3.83. The summed E-state index contributed by atoms with van der Waals surface area (Å²) in [6.45, 7) is 0.348. The predicted octanol–water partition coefficient (Wildman–Crippen LogP) is 5.65.